The zero-order valence-electron chi connectivity index (χ0n) is 18.2. The number of carbonyl (C=O) groups is 2. The fraction of sp³-hybridized carbons (Fsp3) is 0.115. The van der Waals surface area contributed by atoms with Crippen LogP contribution < -0.4 is 15.4 Å². The van der Waals surface area contributed by atoms with Crippen LogP contribution in [0.3, 0.4) is 0 Å². The Labute approximate surface area is 191 Å². The lowest BCUT2D eigenvalue weighted by atomic mass is 10.1. The molecule has 0 radical (unpaired) electrons. The molecule has 0 aliphatic heterocycles. The number of nitriles is 1. The fourth-order valence-electron chi connectivity index (χ4n) is 3.05. The molecule has 0 saturated heterocycles. The summed E-state index contributed by atoms with van der Waals surface area (Å²) < 4.78 is 18.6. The van der Waals surface area contributed by atoms with Crippen molar-refractivity contribution in [2.75, 3.05) is 17.2 Å². The van der Waals surface area contributed by atoms with Crippen LogP contribution in [0.15, 0.2) is 72.3 Å². The normalized spacial score (nSPS) is 10.8. The van der Waals surface area contributed by atoms with Crippen LogP contribution in [0.25, 0.3) is 6.08 Å². The van der Waals surface area contributed by atoms with Gasteiger partial charge < -0.3 is 15.4 Å². The van der Waals surface area contributed by atoms with Gasteiger partial charge in [0.2, 0.25) is 0 Å². The average molecular weight is 443 g/mol. The largest absolute Gasteiger partial charge is 0.483 e. The molecule has 2 N–H and O–H groups in total. The third kappa shape index (κ3) is 6.52. The Kier molecular flexibility index (Phi) is 7.55. The first-order chi connectivity index (χ1) is 15.9. The SMILES string of the molecule is Cc1ccc(NC(=O)/C(C#N)=C/c2ccccc2OCC(=O)Nc2ccc(F)cc2)c(C)c1. The predicted molar refractivity (Wildman–Crippen MR) is 125 cm³/mol. The van der Waals surface area contributed by atoms with Gasteiger partial charge in [-0.05, 0) is 61.9 Å². The number of aryl methyl sites for hydroxylation is 2. The molecule has 3 aromatic rings. The third-order valence-electron chi connectivity index (χ3n) is 4.70. The van der Waals surface area contributed by atoms with Crippen molar-refractivity contribution in [1.82, 2.24) is 0 Å². The number of amides is 2. The van der Waals surface area contributed by atoms with E-state index in [0.29, 0.717) is 22.7 Å². The van der Waals surface area contributed by atoms with Gasteiger partial charge in [0, 0.05) is 16.9 Å². The molecule has 0 saturated carbocycles. The van der Waals surface area contributed by atoms with Gasteiger partial charge in [0.1, 0.15) is 23.2 Å². The molecule has 3 rings (SSSR count). The van der Waals surface area contributed by atoms with Gasteiger partial charge in [-0.15, -0.1) is 0 Å². The zero-order chi connectivity index (χ0) is 23.8. The topological polar surface area (TPSA) is 91.2 Å². The molecule has 0 spiro atoms. The quantitative estimate of drug-likeness (QED) is 0.397. The van der Waals surface area contributed by atoms with Crippen LogP contribution in [0.5, 0.6) is 5.75 Å². The van der Waals surface area contributed by atoms with Crippen molar-refractivity contribution in [2.24, 2.45) is 0 Å². The van der Waals surface area contributed by atoms with Crippen LogP contribution in [-0.2, 0) is 9.59 Å². The van der Waals surface area contributed by atoms with Gasteiger partial charge in [-0.1, -0.05) is 35.9 Å². The van der Waals surface area contributed by atoms with E-state index in [4.69, 9.17) is 4.74 Å². The maximum Gasteiger partial charge on any atom is 0.266 e. The van der Waals surface area contributed by atoms with Crippen LogP contribution in [0.4, 0.5) is 15.8 Å². The van der Waals surface area contributed by atoms with Gasteiger partial charge in [-0.25, -0.2) is 4.39 Å². The molecule has 6 nitrogen and oxygen atoms in total. The van der Waals surface area contributed by atoms with E-state index in [0.717, 1.165) is 11.1 Å². The Hall–Kier alpha value is -4.44. The van der Waals surface area contributed by atoms with E-state index < -0.39 is 17.6 Å². The van der Waals surface area contributed by atoms with Crippen molar-refractivity contribution < 1.29 is 18.7 Å². The van der Waals surface area contributed by atoms with Crippen molar-refractivity contribution in [3.8, 4) is 11.8 Å². The Bertz CT molecular complexity index is 1240. The van der Waals surface area contributed by atoms with Gasteiger partial charge in [0.05, 0.1) is 0 Å². The molecule has 166 valence electrons. The second-order valence-corrected chi connectivity index (χ2v) is 7.32. The van der Waals surface area contributed by atoms with Crippen LogP contribution in [0.1, 0.15) is 16.7 Å². The van der Waals surface area contributed by atoms with Gasteiger partial charge >= 0.3 is 0 Å². The smallest absolute Gasteiger partial charge is 0.266 e. The highest BCUT2D eigenvalue weighted by atomic mass is 19.1. The summed E-state index contributed by atoms with van der Waals surface area (Å²) in [6.07, 6.45) is 1.41. The summed E-state index contributed by atoms with van der Waals surface area (Å²) >= 11 is 0. The maximum atomic E-state index is 13.0. The van der Waals surface area contributed by atoms with Crippen molar-refractivity contribution in [3.05, 3.63) is 94.8 Å². The summed E-state index contributed by atoms with van der Waals surface area (Å²) in [4.78, 5) is 24.8. The molecule has 33 heavy (non-hydrogen) atoms. The first-order valence-electron chi connectivity index (χ1n) is 10.1. The minimum absolute atomic E-state index is 0.109. The second-order valence-electron chi connectivity index (χ2n) is 7.32. The molecular weight excluding hydrogens is 421 g/mol. The van der Waals surface area contributed by atoms with Crippen LogP contribution in [0, 0.1) is 31.0 Å². The second kappa shape index (κ2) is 10.7. The molecule has 0 aromatic heterocycles. The standard InChI is InChI=1S/C26H22FN3O3/c1-17-7-12-23(18(2)13-17)30-26(32)20(15-28)14-19-5-3-4-6-24(19)33-16-25(31)29-22-10-8-21(27)9-11-22/h3-14H,16H2,1-2H3,(H,29,31)(H,30,32)/b20-14+. The first kappa shape index (κ1) is 23.2. The van der Waals surface area contributed by atoms with Gasteiger partial charge in [0.25, 0.3) is 11.8 Å². The summed E-state index contributed by atoms with van der Waals surface area (Å²) in [6.45, 7) is 3.52. The molecule has 0 aliphatic carbocycles. The monoisotopic (exact) mass is 443 g/mol. The Morgan fingerprint density at radius 3 is 2.45 bits per heavy atom. The number of nitrogens with one attached hydrogen (secondary N) is 2. The molecular formula is C26H22FN3O3. The Morgan fingerprint density at radius 2 is 1.76 bits per heavy atom. The van der Waals surface area contributed by atoms with Crippen molar-refractivity contribution in [2.45, 2.75) is 13.8 Å². The zero-order valence-corrected chi connectivity index (χ0v) is 18.2. The number of hydrogen-bond acceptors (Lipinski definition) is 4. The number of hydrogen-bond donors (Lipinski definition) is 2. The van der Waals surface area contributed by atoms with Crippen molar-refractivity contribution in [3.63, 3.8) is 0 Å². The number of rotatable bonds is 7. The first-order valence-corrected chi connectivity index (χ1v) is 10.1. The number of para-hydroxylation sites is 1. The summed E-state index contributed by atoms with van der Waals surface area (Å²) in [5.41, 5.74) is 3.37. The lowest BCUT2D eigenvalue weighted by Crippen LogP contribution is -2.20. The predicted octanol–water partition coefficient (Wildman–Crippen LogP) is 5.01. The minimum Gasteiger partial charge on any atom is -0.483 e. The molecule has 0 unspecified atom stereocenters. The van der Waals surface area contributed by atoms with E-state index >= 15 is 0 Å². The number of nitrogens with zero attached hydrogens (tertiary/aromatic N) is 1. The van der Waals surface area contributed by atoms with Crippen LogP contribution >= 0.6 is 0 Å². The maximum absolute atomic E-state index is 13.0. The highest BCUT2D eigenvalue weighted by molar-refractivity contribution is 6.10. The third-order valence-corrected chi connectivity index (χ3v) is 4.70. The van der Waals surface area contributed by atoms with Crippen LogP contribution in [0.2, 0.25) is 0 Å². The highest BCUT2D eigenvalue weighted by Gasteiger charge is 2.13. The molecule has 0 aliphatic rings. The van der Waals surface area contributed by atoms with E-state index in [1.165, 1.54) is 30.3 Å². The number of ether oxygens (including phenoxy) is 1. The van der Waals surface area contributed by atoms with Crippen molar-refractivity contribution >= 4 is 29.3 Å². The Balaban J connectivity index is 1.70. The number of anilines is 2. The lowest BCUT2D eigenvalue weighted by molar-refractivity contribution is -0.118. The number of carbonyl (C=O) groups excluding carboxylic acids is 2. The molecule has 3 aromatic carbocycles. The van der Waals surface area contributed by atoms with E-state index in [1.54, 1.807) is 30.3 Å². The summed E-state index contributed by atoms with van der Waals surface area (Å²) in [5.74, 6) is -1.06. The number of halogens is 1. The molecule has 0 fully saturated rings. The fourth-order valence-corrected chi connectivity index (χ4v) is 3.05. The summed E-state index contributed by atoms with van der Waals surface area (Å²) in [7, 11) is 0. The number of benzene rings is 3. The van der Waals surface area contributed by atoms with E-state index in [1.807, 2.05) is 32.0 Å². The molecule has 0 atom stereocenters. The van der Waals surface area contributed by atoms with Crippen molar-refractivity contribution in [1.29, 1.82) is 5.26 Å². The van der Waals surface area contributed by atoms with E-state index in [-0.39, 0.29) is 12.2 Å². The minimum atomic E-state index is -0.548. The Morgan fingerprint density at radius 1 is 1.03 bits per heavy atom. The molecule has 0 bridgehead atoms. The lowest BCUT2D eigenvalue weighted by Gasteiger charge is -2.11. The summed E-state index contributed by atoms with van der Waals surface area (Å²) in [6, 6.07) is 19.6. The molecule has 2 amide bonds. The molecule has 7 heteroatoms. The highest BCUT2D eigenvalue weighted by Crippen LogP contribution is 2.22. The van der Waals surface area contributed by atoms with E-state index in [9.17, 15) is 19.2 Å². The van der Waals surface area contributed by atoms with Gasteiger partial charge in [-0.3, -0.25) is 9.59 Å². The van der Waals surface area contributed by atoms with Crippen LogP contribution in [-0.4, -0.2) is 18.4 Å². The van der Waals surface area contributed by atoms with Gasteiger partial charge in [0.15, 0.2) is 6.61 Å². The average Bonchev–Trinajstić information content (AvgIpc) is 2.80. The molecule has 0 heterocycles. The van der Waals surface area contributed by atoms with Gasteiger partial charge in [-0.2, -0.15) is 5.26 Å². The summed E-state index contributed by atoms with van der Waals surface area (Å²) in [5, 5.41) is 14.9. The van der Waals surface area contributed by atoms with E-state index in [2.05, 4.69) is 10.6 Å².